The number of pyridine rings is 1. The first-order valence-corrected chi connectivity index (χ1v) is 11.7. The lowest BCUT2D eigenvalue weighted by Gasteiger charge is -2.31. The molecule has 4 N–H and O–H groups in total. The van der Waals surface area contributed by atoms with Crippen LogP contribution in [0.1, 0.15) is 17.7 Å². The maximum absolute atomic E-state index is 12.7. The van der Waals surface area contributed by atoms with Crippen molar-refractivity contribution in [2.24, 2.45) is 0 Å². The van der Waals surface area contributed by atoms with Crippen LogP contribution in [0.15, 0.2) is 66.9 Å². The van der Waals surface area contributed by atoms with Crippen LogP contribution in [-0.4, -0.2) is 32.3 Å². The van der Waals surface area contributed by atoms with Crippen LogP contribution in [0.4, 0.5) is 21.9 Å². The van der Waals surface area contributed by atoms with E-state index in [2.05, 4.69) is 36.8 Å². The molecule has 2 amide bonds. The fourth-order valence-corrected chi connectivity index (χ4v) is 4.72. The molecule has 0 spiro atoms. The average molecular weight is 490 g/mol. The van der Waals surface area contributed by atoms with Gasteiger partial charge in [0.05, 0.1) is 17.9 Å². The number of aryl methyl sites for hydroxylation is 1. The molecule has 0 bridgehead atoms. The van der Waals surface area contributed by atoms with Crippen LogP contribution in [0.25, 0.3) is 5.69 Å². The molecule has 2 aromatic carbocycles. The molecule has 5 rings (SSSR count). The molecular formula is C24H23N7OS2. The number of carbonyl (C=O) groups is 1. The molecule has 0 saturated heterocycles. The Morgan fingerprint density at radius 1 is 0.971 bits per heavy atom. The molecule has 0 saturated carbocycles. The van der Waals surface area contributed by atoms with E-state index in [4.69, 9.17) is 24.4 Å². The molecule has 34 heavy (non-hydrogen) atoms. The lowest BCUT2D eigenvalue weighted by molar-refractivity contribution is 0.262. The normalized spacial score (nSPS) is 12.8. The van der Waals surface area contributed by atoms with Gasteiger partial charge < -0.3 is 15.5 Å². The molecule has 8 nitrogen and oxygen atoms in total. The number of aromatic nitrogens is 4. The molecule has 0 aliphatic carbocycles. The lowest BCUT2D eigenvalue weighted by atomic mass is 10.0. The van der Waals surface area contributed by atoms with Crippen LogP contribution in [-0.2, 0) is 13.0 Å². The number of aromatic amines is 2. The summed E-state index contributed by atoms with van der Waals surface area (Å²) in [5.74, 6) is 0. The van der Waals surface area contributed by atoms with Crippen LogP contribution in [0, 0.1) is 9.54 Å². The summed E-state index contributed by atoms with van der Waals surface area (Å²) in [5.41, 5.74) is 5.59. The summed E-state index contributed by atoms with van der Waals surface area (Å²) in [6, 6.07) is 19.1. The Hall–Kier alpha value is -3.76. The molecule has 0 radical (unpaired) electrons. The van der Waals surface area contributed by atoms with Crippen molar-refractivity contribution in [3.8, 4) is 5.69 Å². The van der Waals surface area contributed by atoms with E-state index in [0.717, 1.165) is 43.0 Å². The first kappa shape index (κ1) is 22.1. The number of hydrogen-bond acceptors (Lipinski definition) is 5. The highest BCUT2D eigenvalue weighted by Crippen LogP contribution is 2.30. The highest BCUT2D eigenvalue weighted by atomic mass is 32.1. The molecule has 172 valence electrons. The Labute approximate surface area is 206 Å². The summed E-state index contributed by atoms with van der Waals surface area (Å²) in [6.07, 6.45) is 3.86. The Morgan fingerprint density at radius 2 is 1.76 bits per heavy atom. The zero-order valence-electron chi connectivity index (χ0n) is 18.2. The van der Waals surface area contributed by atoms with Gasteiger partial charge in [-0.05, 0) is 91.4 Å². The second-order valence-corrected chi connectivity index (χ2v) is 8.79. The molecule has 0 unspecified atom stereocenters. The van der Waals surface area contributed by atoms with Gasteiger partial charge in [0, 0.05) is 29.8 Å². The summed E-state index contributed by atoms with van der Waals surface area (Å²) in [4.78, 5) is 19.5. The molecule has 0 fully saturated rings. The van der Waals surface area contributed by atoms with Gasteiger partial charge in [-0.25, -0.2) is 4.79 Å². The fourth-order valence-electron chi connectivity index (χ4n) is 4.17. The Kier molecular flexibility index (Phi) is 6.24. The van der Waals surface area contributed by atoms with E-state index >= 15 is 0 Å². The SMILES string of the molecule is O=C(Nc1cccc(-n2c(=S)[nH][nH]c2=S)c1)Nc1ccc2c(c1)CCCN2Cc1ccccn1. The molecule has 2 aromatic heterocycles. The van der Waals surface area contributed by atoms with E-state index in [9.17, 15) is 4.79 Å². The van der Waals surface area contributed by atoms with E-state index in [-0.39, 0.29) is 6.03 Å². The second kappa shape index (κ2) is 9.62. The Morgan fingerprint density at radius 3 is 2.53 bits per heavy atom. The number of rotatable bonds is 5. The number of carbonyl (C=O) groups excluding carboxylic acids is 1. The van der Waals surface area contributed by atoms with E-state index in [1.54, 1.807) is 4.57 Å². The van der Waals surface area contributed by atoms with Crippen LogP contribution >= 0.6 is 24.4 Å². The molecular weight excluding hydrogens is 466 g/mol. The van der Waals surface area contributed by atoms with E-state index < -0.39 is 0 Å². The van der Waals surface area contributed by atoms with Gasteiger partial charge in [-0.3, -0.25) is 19.7 Å². The number of nitrogens with one attached hydrogen (secondary N) is 4. The summed E-state index contributed by atoms with van der Waals surface area (Å²) >= 11 is 10.5. The number of benzene rings is 2. The van der Waals surface area contributed by atoms with E-state index in [1.807, 2.05) is 60.8 Å². The van der Waals surface area contributed by atoms with Crippen molar-refractivity contribution in [3.05, 3.63) is 87.7 Å². The van der Waals surface area contributed by atoms with Crippen molar-refractivity contribution >= 4 is 47.5 Å². The fraction of sp³-hybridized carbons (Fsp3) is 0.167. The molecule has 10 heteroatoms. The third kappa shape index (κ3) is 4.78. The lowest BCUT2D eigenvalue weighted by Crippen LogP contribution is -2.29. The Balaban J connectivity index is 1.28. The minimum absolute atomic E-state index is 0.318. The van der Waals surface area contributed by atoms with Crippen molar-refractivity contribution in [1.82, 2.24) is 19.7 Å². The minimum Gasteiger partial charge on any atom is -0.365 e. The highest BCUT2D eigenvalue weighted by molar-refractivity contribution is 7.72. The number of fused-ring (bicyclic) bond motifs is 1. The van der Waals surface area contributed by atoms with Crippen LogP contribution in [0.3, 0.4) is 0 Å². The number of urea groups is 1. The number of H-pyrrole nitrogens is 2. The first-order valence-electron chi connectivity index (χ1n) is 10.9. The highest BCUT2D eigenvalue weighted by Gasteiger charge is 2.18. The van der Waals surface area contributed by atoms with E-state index in [0.29, 0.717) is 15.2 Å². The van der Waals surface area contributed by atoms with Gasteiger partial charge in [0.25, 0.3) is 0 Å². The smallest absolute Gasteiger partial charge is 0.323 e. The third-order valence-electron chi connectivity index (χ3n) is 5.68. The maximum atomic E-state index is 12.7. The zero-order valence-corrected chi connectivity index (χ0v) is 19.9. The third-order valence-corrected chi connectivity index (χ3v) is 6.25. The molecule has 1 aliphatic heterocycles. The second-order valence-electron chi connectivity index (χ2n) is 8.01. The number of anilines is 3. The summed E-state index contributed by atoms with van der Waals surface area (Å²) in [7, 11) is 0. The maximum Gasteiger partial charge on any atom is 0.323 e. The number of amides is 2. The first-order chi connectivity index (χ1) is 16.6. The van der Waals surface area contributed by atoms with Crippen molar-refractivity contribution in [3.63, 3.8) is 0 Å². The largest absolute Gasteiger partial charge is 0.365 e. The summed E-state index contributed by atoms with van der Waals surface area (Å²) in [5, 5.41) is 11.4. The van der Waals surface area contributed by atoms with Gasteiger partial charge in [-0.1, -0.05) is 12.1 Å². The van der Waals surface area contributed by atoms with Crippen LogP contribution in [0.2, 0.25) is 0 Å². The average Bonchev–Trinajstić information content (AvgIpc) is 3.17. The van der Waals surface area contributed by atoms with Gasteiger partial charge in [0.2, 0.25) is 0 Å². The predicted octanol–water partition coefficient (Wildman–Crippen LogP) is 5.58. The zero-order chi connectivity index (χ0) is 23.5. The van der Waals surface area contributed by atoms with E-state index in [1.165, 1.54) is 11.3 Å². The molecule has 4 aromatic rings. The van der Waals surface area contributed by atoms with Crippen LogP contribution < -0.4 is 15.5 Å². The standard InChI is InChI=1S/C24H23N7OS2/c32-22(26-17-7-3-8-20(14-17)31-23(33)28-29-24(31)34)27-18-9-10-21-16(13-18)5-4-12-30(21)15-19-6-1-2-11-25-19/h1-3,6-11,13-14H,4-5,12,15H2,(H,28,33)(H,29,34)(H2,26,27,32). The van der Waals surface area contributed by atoms with Crippen LogP contribution in [0.5, 0.6) is 0 Å². The Bertz CT molecular complexity index is 1410. The van der Waals surface area contributed by atoms with Gasteiger partial charge in [0.15, 0.2) is 9.54 Å². The summed E-state index contributed by atoms with van der Waals surface area (Å²) < 4.78 is 2.60. The molecule has 0 atom stereocenters. The minimum atomic E-state index is -0.318. The number of hydrogen-bond donors (Lipinski definition) is 4. The quantitative estimate of drug-likeness (QED) is 0.275. The van der Waals surface area contributed by atoms with Crippen molar-refractivity contribution in [2.75, 3.05) is 22.1 Å². The van der Waals surface area contributed by atoms with Crippen molar-refractivity contribution in [1.29, 1.82) is 0 Å². The van der Waals surface area contributed by atoms with Gasteiger partial charge in [-0.15, -0.1) is 0 Å². The topological polar surface area (TPSA) is 93.8 Å². The summed E-state index contributed by atoms with van der Waals surface area (Å²) in [6.45, 7) is 1.76. The molecule has 3 heterocycles. The van der Waals surface area contributed by atoms with Gasteiger partial charge >= 0.3 is 6.03 Å². The van der Waals surface area contributed by atoms with Gasteiger partial charge in [0.1, 0.15) is 0 Å². The van der Waals surface area contributed by atoms with Gasteiger partial charge in [-0.2, -0.15) is 0 Å². The van der Waals surface area contributed by atoms with Crippen molar-refractivity contribution in [2.45, 2.75) is 19.4 Å². The van der Waals surface area contributed by atoms with Crippen molar-refractivity contribution < 1.29 is 4.79 Å². The number of nitrogens with zero attached hydrogens (tertiary/aromatic N) is 3. The molecule has 1 aliphatic rings. The predicted molar refractivity (Wildman–Crippen MR) is 139 cm³/mol. The monoisotopic (exact) mass is 489 g/mol.